The van der Waals surface area contributed by atoms with Gasteiger partial charge in [-0.15, -0.1) is 0 Å². The Morgan fingerprint density at radius 2 is 1.92 bits per heavy atom. The maximum Gasteiger partial charge on any atom is 0.229 e. The Labute approximate surface area is 147 Å². The Kier molecular flexibility index (Phi) is 4.19. The quantitative estimate of drug-likeness (QED) is 0.911. The number of nitrogens with zero attached hydrogens (tertiary/aromatic N) is 5. The number of aromatic nitrogens is 4. The van der Waals surface area contributed by atoms with Crippen LogP contribution in [0.1, 0.15) is 54.5 Å². The first-order valence-corrected chi connectivity index (χ1v) is 9.15. The number of rotatable bonds is 3. The van der Waals surface area contributed by atoms with E-state index in [9.17, 15) is 5.11 Å². The second-order valence-electron chi connectivity index (χ2n) is 7.39. The molecule has 1 saturated heterocycles. The number of anilines is 1. The summed E-state index contributed by atoms with van der Waals surface area (Å²) in [7, 11) is 0. The van der Waals surface area contributed by atoms with Gasteiger partial charge >= 0.3 is 0 Å². The number of β-amino-alcohol motifs (C(OH)–C–C–N with tert-alkyl or cyclic N) is 1. The first-order chi connectivity index (χ1) is 12.0. The second kappa shape index (κ2) is 6.37. The molecule has 2 aliphatic rings. The van der Waals surface area contributed by atoms with Crippen molar-refractivity contribution in [2.75, 3.05) is 18.0 Å². The van der Waals surface area contributed by atoms with Crippen LogP contribution in [0.2, 0.25) is 0 Å². The van der Waals surface area contributed by atoms with Gasteiger partial charge in [0.05, 0.1) is 12.0 Å². The molecule has 0 aromatic carbocycles. The van der Waals surface area contributed by atoms with Crippen LogP contribution in [0.4, 0.5) is 5.82 Å². The summed E-state index contributed by atoms with van der Waals surface area (Å²) in [5, 5.41) is 15.0. The van der Waals surface area contributed by atoms with E-state index in [0.717, 1.165) is 43.9 Å². The van der Waals surface area contributed by atoms with Gasteiger partial charge in [0, 0.05) is 24.3 Å². The van der Waals surface area contributed by atoms with Gasteiger partial charge in [-0.2, -0.15) is 4.98 Å². The third-order valence-corrected chi connectivity index (χ3v) is 5.18. The highest BCUT2D eigenvalue weighted by molar-refractivity contribution is 5.51. The summed E-state index contributed by atoms with van der Waals surface area (Å²) in [5.74, 6) is 2.94. The molecule has 3 heterocycles. The van der Waals surface area contributed by atoms with Gasteiger partial charge in [-0.05, 0) is 52.4 Å². The molecule has 1 atom stereocenters. The largest absolute Gasteiger partial charge is 0.388 e. The smallest absolute Gasteiger partial charge is 0.229 e. The monoisotopic (exact) mass is 343 g/mol. The molecule has 0 bridgehead atoms. The summed E-state index contributed by atoms with van der Waals surface area (Å²) in [6.07, 6.45) is 6.48. The molecule has 1 N–H and O–H groups in total. The Morgan fingerprint density at radius 3 is 2.72 bits per heavy atom. The van der Waals surface area contributed by atoms with E-state index < -0.39 is 5.60 Å². The molecule has 25 heavy (non-hydrogen) atoms. The zero-order valence-electron chi connectivity index (χ0n) is 15.0. The molecule has 1 fully saturated rings. The van der Waals surface area contributed by atoms with Crippen molar-refractivity contribution in [3.05, 3.63) is 28.8 Å². The van der Waals surface area contributed by atoms with Crippen molar-refractivity contribution in [3.63, 3.8) is 0 Å². The third kappa shape index (κ3) is 3.38. The SMILES string of the molecule is Cc1noc(CC2(O)CCCN(c3nc(C)nc4c3CCCC4)C2)n1. The summed E-state index contributed by atoms with van der Waals surface area (Å²) in [6, 6.07) is 0. The number of hydrogen-bond acceptors (Lipinski definition) is 7. The van der Waals surface area contributed by atoms with Crippen LogP contribution >= 0.6 is 0 Å². The van der Waals surface area contributed by atoms with Crippen LogP contribution in [0.3, 0.4) is 0 Å². The molecule has 0 amide bonds. The minimum Gasteiger partial charge on any atom is -0.388 e. The highest BCUT2D eigenvalue weighted by Crippen LogP contribution is 2.33. The Hall–Kier alpha value is -2.02. The van der Waals surface area contributed by atoms with Gasteiger partial charge in [-0.3, -0.25) is 0 Å². The van der Waals surface area contributed by atoms with Crippen molar-refractivity contribution in [3.8, 4) is 0 Å². The van der Waals surface area contributed by atoms with Crippen LogP contribution < -0.4 is 4.90 Å². The van der Waals surface area contributed by atoms with E-state index in [2.05, 4.69) is 20.0 Å². The predicted molar refractivity (Wildman–Crippen MR) is 92.5 cm³/mol. The molecule has 0 radical (unpaired) electrons. The summed E-state index contributed by atoms with van der Waals surface area (Å²) < 4.78 is 5.22. The van der Waals surface area contributed by atoms with E-state index in [1.54, 1.807) is 6.92 Å². The van der Waals surface area contributed by atoms with E-state index in [1.165, 1.54) is 24.1 Å². The lowest BCUT2D eigenvalue weighted by Gasteiger charge is -2.40. The van der Waals surface area contributed by atoms with E-state index >= 15 is 0 Å². The normalized spacial score (nSPS) is 23.6. The molecule has 1 aliphatic heterocycles. The molecule has 1 aliphatic carbocycles. The minimum absolute atomic E-state index is 0.386. The fourth-order valence-electron chi connectivity index (χ4n) is 4.09. The first kappa shape index (κ1) is 16.4. The zero-order chi connectivity index (χ0) is 17.4. The van der Waals surface area contributed by atoms with Crippen molar-refractivity contribution >= 4 is 5.82 Å². The van der Waals surface area contributed by atoms with E-state index in [0.29, 0.717) is 24.7 Å². The molecule has 7 nitrogen and oxygen atoms in total. The molecular weight excluding hydrogens is 318 g/mol. The topological polar surface area (TPSA) is 88.2 Å². The van der Waals surface area contributed by atoms with Crippen LogP contribution in [-0.4, -0.2) is 43.9 Å². The van der Waals surface area contributed by atoms with Gasteiger partial charge in [-0.1, -0.05) is 5.16 Å². The van der Waals surface area contributed by atoms with Gasteiger partial charge in [0.2, 0.25) is 5.89 Å². The number of hydrogen-bond donors (Lipinski definition) is 1. The summed E-state index contributed by atoms with van der Waals surface area (Å²) in [5.41, 5.74) is 1.60. The standard InChI is InChI=1S/C18H25N5O2/c1-12-19-15-7-4-3-6-14(15)17(21-12)23-9-5-8-18(24,11-23)10-16-20-13(2)22-25-16/h24H,3-11H2,1-2H3. The minimum atomic E-state index is -0.863. The average Bonchev–Trinajstić information content (AvgIpc) is 2.98. The summed E-state index contributed by atoms with van der Waals surface area (Å²) in [6.45, 7) is 5.20. The molecule has 134 valence electrons. The molecule has 2 aromatic heterocycles. The van der Waals surface area contributed by atoms with E-state index in [-0.39, 0.29) is 0 Å². The van der Waals surface area contributed by atoms with Gasteiger partial charge in [0.25, 0.3) is 0 Å². The van der Waals surface area contributed by atoms with Crippen LogP contribution in [0.15, 0.2) is 4.52 Å². The third-order valence-electron chi connectivity index (χ3n) is 5.18. The Bertz CT molecular complexity index is 775. The zero-order valence-corrected chi connectivity index (χ0v) is 15.0. The number of piperidine rings is 1. The van der Waals surface area contributed by atoms with Crippen LogP contribution in [0.5, 0.6) is 0 Å². The Balaban J connectivity index is 1.60. The predicted octanol–water partition coefficient (Wildman–Crippen LogP) is 1.93. The number of aryl methyl sites for hydroxylation is 3. The summed E-state index contributed by atoms with van der Waals surface area (Å²) >= 11 is 0. The molecule has 4 rings (SSSR count). The maximum atomic E-state index is 11.1. The molecular formula is C18H25N5O2. The molecule has 1 unspecified atom stereocenters. The molecule has 2 aromatic rings. The van der Waals surface area contributed by atoms with Gasteiger partial charge in [0.1, 0.15) is 11.6 Å². The van der Waals surface area contributed by atoms with Crippen LogP contribution in [0, 0.1) is 13.8 Å². The lowest BCUT2D eigenvalue weighted by molar-refractivity contribution is 0.0191. The van der Waals surface area contributed by atoms with Crippen LogP contribution in [0.25, 0.3) is 0 Å². The van der Waals surface area contributed by atoms with E-state index in [1.807, 2.05) is 6.92 Å². The number of fused-ring (bicyclic) bond motifs is 1. The highest BCUT2D eigenvalue weighted by Gasteiger charge is 2.37. The maximum absolute atomic E-state index is 11.1. The van der Waals surface area contributed by atoms with Crippen molar-refractivity contribution in [2.45, 2.75) is 64.4 Å². The van der Waals surface area contributed by atoms with Crippen molar-refractivity contribution < 1.29 is 9.63 Å². The second-order valence-corrected chi connectivity index (χ2v) is 7.39. The lowest BCUT2D eigenvalue weighted by atomic mass is 9.88. The van der Waals surface area contributed by atoms with Crippen molar-refractivity contribution in [2.24, 2.45) is 0 Å². The van der Waals surface area contributed by atoms with Gasteiger partial charge in [0.15, 0.2) is 5.82 Å². The van der Waals surface area contributed by atoms with Crippen molar-refractivity contribution in [1.29, 1.82) is 0 Å². The lowest BCUT2D eigenvalue weighted by Crippen LogP contribution is -2.50. The Morgan fingerprint density at radius 1 is 1.08 bits per heavy atom. The first-order valence-electron chi connectivity index (χ1n) is 9.15. The van der Waals surface area contributed by atoms with Gasteiger partial charge < -0.3 is 14.5 Å². The summed E-state index contributed by atoms with van der Waals surface area (Å²) in [4.78, 5) is 15.9. The molecule has 7 heteroatoms. The fourth-order valence-corrected chi connectivity index (χ4v) is 4.09. The molecule has 0 spiro atoms. The van der Waals surface area contributed by atoms with Crippen molar-refractivity contribution in [1.82, 2.24) is 20.1 Å². The average molecular weight is 343 g/mol. The highest BCUT2D eigenvalue weighted by atomic mass is 16.5. The fraction of sp³-hybridized carbons (Fsp3) is 0.667. The molecule has 0 saturated carbocycles. The van der Waals surface area contributed by atoms with Gasteiger partial charge in [-0.25, -0.2) is 9.97 Å². The number of aliphatic hydroxyl groups is 1. The van der Waals surface area contributed by atoms with Crippen LogP contribution in [-0.2, 0) is 19.3 Å². The van der Waals surface area contributed by atoms with E-state index in [4.69, 9.17) is 9.51 Å².